The standard InChI is InChI=1S/C20H27N7O/c1-13(2)14(9-21)8-19(23)26-20-6-5-18-17(25-20)7-15(12-27(18)28-4)16(10-22)11-24-3/h5-13,21,25H,22H2,1-4H3,(H2,23,26). The zero-order valence-corrected chi connectivity index (χ0v) is 16.6. The fraction of sp³-hybridized carbons (Fsp3) is 0.250. The number of amidine groups is 1. The van der Waals surface area contributed by atoms with E-state index in [0.29, 0.717) is 11.7 Å². The highest BCUT2D eigenvalue weighted by molar-refractivity contribution is 5.97. The highest BCUT2D eigenvalue weighted by atomic mass is 16.7. The maximum atomic E-state index is 7.48. The van der Waals surface area contributed by atoms with E-state index in [1.165, 1.54) is 12.4 Å². The Morgan fingerprint density at radius 1 is 1.36 bits per heavy atom. The lowest BCUT2D eigenvalue weighted by molar-refractivity contribution is -0.0561. The molecule has 0 aromatic rings. The van der Waals surface area contributed by atoms with Crippen LogP contribution in [0.25, 0.3) is 0 Å². The lowest BCUT2D eigenvalue weighted by Gasteiger charge is -2.30. The maximum absolute atomic E-state index is 7.48. The molecule has 8 heteroatoms. The maximum Gasteiger partial charge on any atom is 0.132 e. The number of dihydropyridines is 1. The number of aliphatic imine (C=N–C) groups is 2. The van der Waals surface area contributed by atoms with Gasteiger partial charge in [0.25, 0.3) is 0 Å². The van der Waals surface area contributed by atoms with E-state index >= 15 is 0 Å². The normalized spacial score (nSPS) is 18.3. The summed E-state index contributed by atoms with van der Waals surface area (Å²) in [5, 5.41) is 12.4. The van der Waals surface area contributed by atoms with Gasteiger partial charge in [-0.2, -0.15) is 0 Å². The Morgan fingerprint density at radius 2 is 2.11 bits per heavy atom. The lowest BCUT2D eigenvalue weighted by atomic mass is 10.0. The number of hydroxylamine groups is 2. The molecule has 0 fully saturated rings. The van der Waals surface area contributed by atoms with Crippen molar-refractivity contribution in [1.82, 2.24) is 10.4 Å². The van der Waals surface area contributed by atoms with Crippen LogP contribution in [0.2, 0.25) is 0 Å². The topological polar surface area (TPSA) is 125 Å². The summed E-state index contributed by atoms with van der Waals surface area (Å²) in [7, 11) is 3.27. The quantitative estimate of drug-likeness (QED) is 0.397. The predicted molar refractivity (Wildman–Crippen MR) is 114 cm³/mol. The first kappa shape index (κ1) is 20.9. The highest BCUT2D eigenvalue weighted by Crippen LogP contribution is 2.28. The van der Waals surface area contributed by atoms with Crippen LogP contribution in [0, 0.1) is 11.3 Å². The summed E-state index contributed by atoms with van der Waals surface area (Å²) >= 11 is 0. The monoisotopic (exact) mass is 381 g/mol. The Bertz CT molecular complexity index is 867. The molecule has 0 atom stereocenters. The second-order valence-electron chi connectivity index (χ2n) is 6.37. The van der Waals surface area contributed by atoms with Crippen molar-refractivity contribution in [2.45, 2.75) is 13.8 Å². The summed E-state index contributed by atoms with van der Waals surface area (Å²) in [5.41, 5.74) is 15.8. The van der Waals surface area contributed by atoms with E-state index in [1.54, 1.807) is 31.5 Å². The molecule has 2 aliphatic heterocycles. The lowest BCUT2D eigenvalue weighted by Crippen LogP contribution is -2.29. The number of hydrogen-bond donors (Lipinski definition) is 4. The molecule has 0 amide bonds. The van der Waals surface area contributed by atoms with E-state index < -0.39 is 0 Å². The Morgan fingerprint density at radius 3 is 2.68 bits per heavy atom. The predicted octanol–water partition coefficient (Wildman–Crippen LogP) is 2.09. The Labute approximate surface area is 165 Å². The van der Waals surface area contributed by atoms with Gasteiger partial charge in [0.2, 0.25) is 0 Å². The molecule has 6 N–H and O–H groups in total. The summed E-state index contributed by atoms with van der Waals surface area (Å²) in [6.07, 6.45) is 13.6. The molecule has 8 nitrogen and oxygen atoms in total. The molecular weight excluding hydrogens is 354 g/mol. The average Bonchev–Trinajstić information content (AvgIpc) is 2.68. The zero-order chi connectivity index (χ0) is 20.7. The van der Waals surface area contributed by atoms with Gasteiger partial charge in [-0.15, -0.1) is 0 Å². The van der Waals surface area contributed by atoms with Crippen LogP contribution in [-0.2, 0) is 4.84 Å². The van der Waals surface area contributed by atoms with E-state index in [1.807, 2.05) is 38.3 Å². The van der Waals surface area contributed by atoms with Crippen LogP contribution in [0.4, 0.5) is 0 Å². The summed E-state index contributed by atoms with van der Waals surface area (Å²) in [5.74, 6) is 1.09. The Balaban J connectivity index is 2.35. The molecule has 2 aliphatic rings. The first-order chi connectivity index (χ1) is 13.4. The molecule has 0 saturated carbocycles. The van der Waals surface area contributed by atoms with Crippen molar-refractivity contribution in [1.29, 1.82) is 5.41 Å². The highest BCUT2D eigenvalue weighted by Gasteiger charge is 2.22. The first-order valence-corrected chi connectivity index (χ1v) is 8.80. The molecule has 0 aromatic carbocycles. The number of fused-ring (bicyclic) bond motifs is 1. The van der Waals surface area contributed by atoms with Gasteiger partial charge in [-0.05, 0) is 35.8 Å². The van der Waals surface area contributed by atoms with Crippen LogP contribution in [0.3, 0.4) is 0 Å². The van der Waals surface area contributed by atoms with Crippen molar-refractivity contribution in [3.05, 3.63) is 70.6 Å². The van der Waals surface area contributed by atoms with Crippen molar-refractivity contribution in [2.24, 2.45) is 27.4 Å². The molecule has 2 rings (SSSR count). The minimum Gasteiger partial charge on any atom is -0.404 e. The van der Waals surface area contributed by atoms with E-state index in [4.69, 9.17) is 21.7 Å². The molecule has 148 valence electrons. The fourth-order valence-electron chi connectivity index (χ4n) is 2.63. The van der Waals surface area contributed by atoms with Crippen molar-refractivity contribution in [2.75, 3.05) is 14.2 Å². The number of nitrogens with two attached hydrogens (primary N) is 2. The third kappa shape index (κ3) is 4.86. The second kappa shape index (κ2) is 9.52. The number of nitrogens with zero attached hydrogens (tertiary/aromatic N) is 3. The fourth-order valence-corrected chi connectivity index (χ4v) is 2.63. The minimum absolute atomic E-state index is 0.191. The molecule has 0 aromatic heterocycles. The summed E-state index contributed by atoms with van der Waals surface area (Å²) in [6, 6.07) is 0. The van der Waals surface area contributed by atoms with Crippen molar-refractivity contribution < 1.29 is 4.84 Å². The molecule has 28 heavy (non-hydrogen) atoms. The summed E-state index contributed by atoms with van der Waals surface area (Å²) in [4.78, 5) is 13.9. The van der Waals surface area contributed by atoms with Gasteiger partial charge < -0.3 is 22.2 Å². The number of rotatable bonds is 7. The SMILES string of the molecule is CN=CC(=CN)C1=CN(OC)C2=CC=C(N=C(N)C=C(C=N)C(C)C)NC2=C1. The van der Waals surface area contributed by atoms with Gasteiger partial charge in [-0.3, -0.25) is 9.83 Å². The van der Waals surface area contributed by atoms with Crippen LogP contribution in [0.15, 0.2) is 80.6 Å². The minimum atomic E-state index is 0.191. The van der Waals surface area contributed by atoms with Crippen LogP contribution in [0.1, 0.15) is 13.8 Å². The largest absolute Gasteiger partial charge is 0.404 e. The van der Waals surface area contributed by atoms with Crippen LogP contribution < -0.4 is 16.8 Å². The van der Waals surface area contributed by atoms with Gasteiger partial charge in [0.1, 0.15) is 11.7 Å². The van der Waals surface area contributed by atoms with Crippen molar-refractivity contribution >= 4 is 18.3 Å². The summed E-state index contributed by atoms with van der Waals surface area (Å²) in [6.45, 7) is 4.00. The molecule has 2 heterocycles. The van der Waals surface area contributed by atoms with Crippen molar-refractivity contribution in [3.63, 3.8) is 0 Å². The first-order valence-electron chi connectivity index (χ1n) is 8.80. The Hall–Kier alpha value is -3.39. The van der Waals surface area contributed by atoms with Gasteiger partial charge in [-0.1, -0.05) is 13.8 Å². The molecule has 0 saturated heterocycles. The van der Waals surface area contributed by atoms with E-state index in [-0.39, 0.29) is 5.92 Å². The zero-order valence-electron chi connectivity index (χ0n) is 16.6. The van der Waals surface area contributed by atoms with Gasteiger partial charge in [0.05, 0.1) is 18.5 Å². The molecular formula is C20H27N7O. The number of hydrogen-bond acceptors (Lipinski definition) is 7. The summed E-state index contributed by atoms with van der Waals surface area (Å²) < 4.78 is 0. The number of allylic oxidation sites excluding steroid dienone is 6. The van der Waals surface area contributed by atoms with Gasteiger partial charge >= 0.3 is 0 Å². The molecule has 0 bridgehead atoms. The third-order valence-electron chi connectivity index (χ3n) is 4.11. The number of nitrogens with one attached hydrogen (secondary N) is 2. The van der Waals surface area contributed by atoms with Crippen LogP contribution in [0.5, 0.6) is 0 Å². The van der Waals surface area contributed by atoms with Gasteiger partial charge in [-0.25, -0.2) is 10.1 Å². The van der Waals surface area contributed by atoms with E-state index in [9.17, 15) is 0 Å². The van der Waals surface area contributed by atoms with Crippen LogP contribution >= 0.6 is 0 Å². The van der Waals surface area contributed by atoms with Crippen molar-refractivity contribution in [3.8, 4) is 0 Å². The average molecular weight is 381 g/mol. The van der Waals surface area contributed by atoms with Gasteiger partial charge in [0, 0.05) is 43.0 Å². The molecule has 0 aliphatic carbocycles. The Kier molecular flexibility index (Phi) is 7.11. The van der Waals surface area contributed by atoms with E-state index in [0.717, 1.165) is 28.1 Å². The van der Waals surface area contributed by atoms with E-state index in [2.05, 4.69) is 15.3 Å². The third-order valence-corrected chi connectivity index (χ3v) is 4.11. The van der Waals surface area contributed by atoms with Crippen LogP contribution in [-0.4, -0.2) is 37.5 Å². The molecule has 0 unspecified atom stereocenters. The smallest absolute Gasteiger partial charge is 0.132 e. The second-order valence-corrected chi connectivity index (χ2v) is 6.37. The molecule has 0 spiro atoms. The molecule has 0 radical (unpaired) electrons. The van der Waals surface area contributed by atoms with Gasteiger partial charge in [0.15, 0.2) is 0 Å².